The first kappa shape index (κ1) is 19.9. The molecule has 8 heteroatoms. The van der Waals surface area contributed by atoms with Gasteiger partial charge in [0.15, 0.2) is 0 Å². The first-order chi connectivity index (χ1) is 13.2. The van der Waals surface area contributed by atoms with Crippen molar-refractivity contribution in [1.29, 1.82) is 0 Å². The van der Waals surface area contributed by atoms with Gasteiger partial charge in [0.25, 0.3) is 5.91 Å². The summed E-state index contributed by atoms with van der Waals surface area (Å²) < 4.78 is 30.6. The number of para-hydroxylation sites is 1. The fraction of sp³-hybridized carbons (Fsp3) is 0.250. The van der Waals surface area contributed by atoms with Crippen LogP contribution in [0, 0.1) is 5.92 Å². The van der Waals surface area contributed by atoms with Crippen molar-refractivity contribution in [3.63, 3.8) is 0 Å². The number of carbonyl (C=O) groups is 1. The average Bonchev–Trinajstić information content (AvgIpc) is 2.99. The van der Waals surface area contributed by atoms with Gasteiger partial charge in [0, 0.05) is 23.6 Å². The largest absolute Gasteiger partial charge is 0.495 e. The minimum Gasteiger partial charge on any atom is -0.495 e. The molecule has 3 rings (SSSR count). The normalized spacial score (nSPS) is 11.8. The van der Waals surface area contributed by atoms with E-state index in [0.717, 1.165) is 17.4 Å². The molecule has 0 saturated carbocycles. The number of methoxy groups -OCH3 is 1. The highest BCUT2D eigenvalue weighted by molar-refractivity contribution is 7.89. The SMILES string of the molecule is COc1ccc(S(N)(=O)=O)cc1NC(=O)c1cn(CC(C)C)c2ccccc12. The third-order valence-corrected chi connectivity index (χ3v) is 5.25. The summed E-state index contributed by atoms with van der Waals surface area (Å²) in [5.41, 5.74) is 1.70. The van der Waals surface area contributed by atoms with Crippen LogP contribution in [0.2, 0.25) is 0 Å². The van der Waals surface area contributed by atoms with Gasteiger partial charge in [0.1, 0.15) is 5.75 Å². The molecule has 1 aromatic heterocycles. The van der Waals surface area contributed by atoms with Crippen molar-refractivity contribution in [3.8, 4) is 5.75 Å². The number of ether oxygens (including phenoxy) is 1. The molecule has 0 atom stereocenters. The van der Waals surface area contributed by atoms with Crippen LogP contribution in [0.3, 0.4) is 0 Å². The van der Waals surface area contributed by atoms with Gasteiger partial charge in [-0.2, -0.15) is 0 Å². The molecule has 2 aromatic carbocycles. The summed E-state index contributed by atoms with van der Waals surface area (Å²) in [6.45, 7) is 4.99. The molecule has 3 aromatic rings. The van der Waals surface area contributed by atoms with Crippen LogP contribution < -0.4 is 15.2 Å². The molecular formula is C20H23N3O4S. The Morgan fingerprint density at radius 2 is 1.93 bits per heavy atom. The second-order valence-corrected chi connectivity index (χ2v) is 8.53. The summed E-state index contributed by atoms with van der Waals surface area (Å²) >= 11 is 0. The van der Waals surface area contributed by atoms with E-state index in [0.29, 0.717) is 17.2 Å². The van der Waals surface area contributed by atoms with Crippen LogP contribution in [0.25, 0.3) is 10.9 Å². The van der Waals surface area contributed by atoms with Gasteiger partial charge in [-0.1, -0.05) is 32.0 Å². The van der Waals surface area contributed by atoms with E-state index >= 15 is 0 Å². The Hall–Kier alpha value is -2.84. The molecule has 0 fully saturated rings. The maximum Gasteiger partial charge on any atom is 0.257 e. The highest BCUT2D eigenvalue weighted by Crippen LogP contribution is 2.29. The van der Waals surface area contributed by atoms with Crippen molar-refractivity contribution < 1.29 is 17.9 Å². The summed E-state index contributed by atoms with van der Waals surface area (Å²) in [4.78, 5) is 12.9. The number of sulfonamides is 1. The summed E-state index contributed by atoms with van der Waals surface area (Å²) in [7, 11) is -2.47. The minimum absolute atomic E-state index is 0.106. The number of rotatable bonds is 6. The number of anilines is 1. The molecule has 3 N–H and O–H groups in total. The molecule has 28 heavy (non-hydrogen) atoms. The molecule has 148 valence electrons. The lowest BCUT2D eigenvalue weighted by Gasteiger charge is -2.11. The van der Waals surface area contributed by atoms with Gasteiger partial charge in [-0.05, 0) is 30.2 Å². The van der Waals surface area contributed by atoms with Gasteiger partial charge in [0.2, 0.25) is 10.0 Å². The number of carbonyl (C=O) groups excluding carboxylic acids is 1. The number of primary sulfonamides is 1. The summed E-state index contributed by atoms with van der Waals surface area (Å²) in [6.07, 6.45) is 1.82. The van der Waals surface area contributed by atoms with Crippen LogP contribution in [0.1, 0.15) is 24.2 Å². The molecule has 0 aliphatic rings. The van der Waals surface area contributed by atoms with E-state index in [-0.39, 0.29) is 16.5 Å². The molecule has 1 heterocycles. The van der Waals surface area contributed by atoms with Crippen LogP contribution in [-0.2, 0) is 16.6 Å². The zero-order valence-corrected chi connectivity index (χ0v) is 16.8. The Morgan fingerprint density at radius 1 is 1.21 bits per heavy atom. The monoisotopic (exact) mass is 401 g/mol. The van der Waals surface area contributed by atoms with Gasteiger partial charge in [-0.3, -0.25) is 4.79 Å². The maximum atomic E-state index is 13.0. The van der Waals surface area contributed by atoms with E-state index in [2.05, 4.69) is 19.2 Å². The van der Waals surface area contributed by atoms with E-state index in [9.17, 15) is 13.2 Å². The van der Waals surface area contributed by atoms with Crippen molar-refractivity contribution in [3.05, 3.63) is 54.2 Å². The Bertz CT molecular complexity index is 1130. The van der Waals surface area contributed by atoms with Crippen molar-refractivity contribution in [1.82, 2.24) is 4.57 Å². The Kier molecular flexibility index (Phi) is 5.44. The third-order valence-electron chi connectivity index (χ3n) is 4.34. The Labute approximate surface area is 164 Å². The van der Waals surface area contributed by atoms with E-state index in [1.54, 1.807) is 0 Å². The molecule has 0 saturated heterocycles. The molecule has 0 aliphatic heterocycles. The molecule has 1 amide bonds. The van der Waals surface area contributed by atoms with Crippen LogP contribution in [0.4, 0.5) is 5.69 Å². The second-order valence-electron chi connectivity index (χ2n) is 6.97. The highest BCUT2D eigenvalue weighted by atomic mass is 32.2. The van der Waals surface area contributed by atoms with Crippen LogP contribution in [0.5, 0.6) is 5.75 Å². The molecule has 0 aliphatic carbocycles. The number of hydrogen-bond donors (Lipinski definition) is 2. The summed E-state index contributed by atoms with van der Waals surface area (Å²) in [5.74, 6) is 0.397. The van der Waals surface area contributed by atoms with Gasteiger partial charge < -0.3 is 14.6 Å². The highest BCUT2D eigenvalue weighted by Gasteiger charge is 2.18. The Balaban J connectivity index is 2.02. The smallest absolute Gasteiger partial charge is 0.257 e. The quantitative estimate of drug-likeness (QED) is 0.662. The van der Waals surface area contributed by atoms with Crippen molar-refractivity contribution in [2.45, 2.75) is 25.3 Å². The standard InChI is InChI=1S/C20H23N3O4S/c1-13(2)11-23-12-16(15-6-4-5-7-18(15)23)20(24)22-17-10-14(28(21,25)26)8-9-19(17)27-3/h4-10,12-13H,11H2,1-3H3,(H,22,24)(H2,21,25,26). The molecule has 7 nitrogen and oxygen atoms in total. The number of nitrogens with zero attached hydrogens (tertiary/aromatic N) is 1. The average molecular weight is 401 g/mol. The first-order valence-electron chi connectivity index (χ1n) is 8.80. The van der Waals surface area contributed by atoms with Gasteiger partial charge in [-0.15, -0.1) is 0 Å². The topological polar surface area (TPSA) is 103 Å². The minimum atomic E-state index is -3.91. The van der Waals surface area contributed by atoms with E-state index in [1.807, 2.05) is 35.0 Å². The zero-order chi connectivity index (χ0) is 20.5. The van der Waals surface area contributed by atoms with E-state index in [1.165, 1.54) is 25.3 Å². The number of benzene rings is 2. The number of hydrogen-bond acceptors (Lipinski definition) is 4. The van der Waals surface area contributed by atoms with Gasteiger partial charge in [0.05, 0.1) is 23.3 Å². The van der Waals surface area contributed by atoms with Crippen molar-refractivity contribution in [2.24, 2.45) is 11.1 Å². The lowest BCUT2D eigenvalue weighted by Crippen LogP contribution is -2.15. The van der Waals surface area contributed by atoms with Crippen LogP contribution in [-0.4, -0.2) is 26.0 Å². The first-order valence-corrected chi connectivity index (χ1v) is 10.4. The number of fused-ring (bicyclic) bond motifs is 1. The fourth-order valence-corrected chi connectivity index (χ4v) is 3.66. The Morgan fingerprint density at radius 3 is 2.57 bits per heavy atom. The molecule has 0 spiro atoms. The van der Waals surface area contributed by atoms with Crippen molar-refractivity contribution in [2.75, 3.05) is 12.4 Å². The van der Waals surface area contributed by atoms with Crippen LogP contribution >= 0.6 is 0 Å². The lowest BCUT2D eigenvalue weighted by atomic mass is 10.1. The number of nitrogens with two attached hydrogens (primary N) is 1. The molecule has 0 radical (unpaired) electrons. The van der Waals surface area contributed by atoms with E-state index in [4.69, 9.17) is 9.88 Å². The third kappa shape index (κ3) is 4.02. The summed E-state index contributed by atoms with van der Waals surface area (Å²) in [6, 6.07) is 11.7. The van der Waals surface area contributed by atoms with Gasteiger partial charge in [-0.25, -0.2) is 13.6 Å². The number of aromatic nitrogens is 1. The number of amides is 1. The summed E-state index contributed by atoms with van der Waals surface area (Å²) in [5, 5.41) is 8.77. The second kappa shape index (κ2) is 7.65. The zero-order valence-electron chi connectivity index (χ0n) is 16.0. The lowest BCUT2D eigenvalue weighted by molar-refractivity contribution is 0.102. The molecule has 0 bridgehead atoms. The predicted octanol–water partition coefficient (Wildman–Crippen LogP) is 3.21. The fourth-order valence-electron chi connectivity index (χ4n) is 3.12. The maximum absolute atomic E-state index is 13.0. The van der Waals surface area contributed by atoms with Gasteiger partial charge >= 0.3 is 0 Å². The number of nitrogens with one attached hydrogen (secondary N) is 1. The molecule has 0 unspecified atom stereocenters. The molecular weight excluding hydrogens is 378 g/mol. The van der Waals surface area contributed by atoms with E-state index < -0.39 is 10.0 Å². The van der Waals surface area contributed by atoms with Crippen molar-refractivity contribution >= 4 is 32.5 Å². The van der Waals surface area contributed by atoms with Crippen LogP contribution in [0.15, 0.2) is 53.6 Å². The predicted molar refractivity (Wildman–Crippen MR) is 109 cm³/mol.